The van der Waals surface area contributed by atoms with E-state index >= 15 is 0 Å². The summed E-state index contributed by atoms with van der Waals surface area (Å²) >= 11 is 12.0. The Balaban J connectivity index is 1.82. The summed E-state index contributed by atoms with van der Waals surface area (Å²) in [7, 11) is -3.10. The SMILES string of the molecule is O=C(/C=C/c1ccc(Cl)cc1Cl)N(Cc1ccccc1)[C@@H]1CCS(=O)(=O)C1. The topological polar surface area (TPSA) is 54.5 Å². The van der Waals surface area contributed by atoms with E-state index < -0.39 is 9.84 Å². The second kappa shape index (κ2) is 8.46. The minimum Gasteiger partial charge on any atom is -0.331 e. The van der Waals surface area contributed by atoms with Gasteiger partial charge in [-0.05, 0) is 35.8 Å². The first-order chi connectivity index (χ1) is 12.8. The van der Waals surface area contributed by atoms with Crippen LogP contribution < -0.4 is 0 Å². The van der Waals surface area contributed by atoms with Gasteiger partial charge in [-0.25, -0.2) is 8.42 Å². The molecule has 4 nitrogen and oxygen atoms in total. The molecule has 0 aromatic heterocycles. The Morgan fingerprint density at radius 1 is 1.15 bits per heavy atom. The van der Waals surface area contributed by atoms with Gasteiger partial charge >= 0.3 is 0 Å². The van der Waals surface area contributed by atoms with Gasteiger partial charge in [0, 0.05) is 28.7 Å². The van der Waals surface area contributed by atoms with Gasteiger partial charge in [0.1, 0.15) is 0 Å². The average molecular weight is 424 g/mol. The summed E-state index contributed by atoms with van der Waals surface area (Å²) < 4.78 is 23.8. The van der Waals surface area contributed by atoms with Gasteiger partial charge in [0.05, 0.1) is 11.5 Å². The number of hydrogen-bond donors (Lipinski definition) is 0. The third-order valence-electron chi connectivity index (χ3n) is 4.50. The first kappa shape index (κ1) is 19.9. The van der Waals surface area contributed by atoms with Crippen molar-refractivity contribution < 1.29 is 13.2 Å². The maximum absolute atomic E-state index is 12.9. The van der Waals surface area contributed by atoms with Crippen molar-refractivity contribution in [2.24, 2.45) is 0 Å². The fraction of sp³-hybridized carbons (Fsp3) is 0.250. The predicted octanol–water partition coefficient (Wildman–Crippen LogP) is 4.22. The molecular formula is C20H19Cl2NO3S. The molecule has 2 aromatic rings. The van der Waals surface area contributed by atoms with Crippen LogP contribution in [-0.2, 0) is 21.2 Å². The zero-order valence-corrected chi connectivity index (χ0v) is 16.8. The number of carbonyl (C=O) groups is 1. The van der Waals surface area contributed by atoms with E-state index in [0.717, 1.165) is 5.56 Å². The second-order valence-electron chi connectivity index (χ2n) is 6.51. The van der Waals surface area contributed by atoms with Crippen molar-refractivity contribution in [3.8, 4) is 0 Å². The molecule has 3 rings (SSSR count). The highest BCUT2D eigenvalue weighted by molar-refractivity contribution is 7.91. The Labute approximate surface area is 169 Å². The number of hydrogen-bond acceptors (Lipinski definition) is 3. The minimum atomic E-state index is -3.10. The summed E-state index contributed by atoms with van der Waals surface area (Å²) in [6, 6.07) is 14.2. The van der Waals surface area contributed by atoms with Crippen molar-refractivity contribution in [3.05, 3.63) is 75.8 Å². The van der Waals surface area contributed by atoms with E-state index in [4.69, 9.17) is 23.2 Å². The zero-order chi connectivity index (χ0) is 19.4. The van der Waals surface area contributed by atoms with Crippen LogP contribution in [0.25, 0.3) is 6.08 Å². The molecule has 1 amide bonds. The van der Waals surface area contributed by atoms with Crippen molar-refractivity contribution in [2.75, 3.05) is 11.5 Å². The number of rotatable bonds is 5. The molecule has 0 unspecified atom stereocenters. The number of amides is 1. The minimum absolute atomic E-state index is 0.00111. The summed E-state index contributed by atoms with van der Waals surface area (Å²) in [5.41, 5.74) is 1.63. The highest BCUT2D eigenvalue weighted by Crippen LogP contribution is 2.23. The maximum Gasteiger partial charge on any atom is 0.247 e. The first-order valence-corrected chi connectivity index (χ1v) is 11.1. The van der Waals surface area contributed by atoms with Crippen molar-refractivity contribution >= 4 is 45.0 Å². The normalized spacial score (nSPS) is 18.7. The van der Waals surface area contributed by atoms with E-state index in [1.165, 1.54) is 6.08 Å². The van der Waals surface area contributed by atoms with Gasteiger partial charge < -0.3 is 4.90 Å². The van der Waals surface area contributed by atoms with Crippen LogP contribution in [0, 0.1) is 0 Å². The third kappa shape index (κ3) is 5.34. The predicted molar refractivity (Wildman–Crippen MR) is 110 cm³/mol. The molecule has 1 fully saturated rings. The van der Waals surface area contributed by atoms with Crippen LogP contribution in [0.15, 0.2) is 54.6 Å². The van der Waals surface area contributed by atoms with Crippen LogP contribution in [0.3, 0.4) is 0 Å². The van der Waals surface area contributed by atoms with Gasteiger partial charge in [0.15, 0.2) is 9.84 Å². The van der Waals surface area contributed by atoms with Crippen LogP contribution in [0.4, 0.5) is 0 Å². The van der Waals surface area contributed by atoms with Crippen molar-refractivity contribution in [1.29, 1.82) is 0 Å². The van der Waals surface area contributed by atoms with Gasteiger partial charge in [-0.15, -0.1) is 0 Å². The number of halogens is 2. The molecule has 2 aromatic carbocycles. The van der Waals surface area contributed by atoms with Gasteiger partial charge in [-0.3, -0.25) is 4.79 Å². The Morgan fingerprint density at radius 2 is 1.89 bits per heavy atom. The molecule has 0 aliphatic carbocycles. The van der Waals surface area contributed by atoms with E-state index in [-0.39, 0.29) is 23.5 Å². The molecule has 0 N–H and O–H groups in total. The monoisotopic (exact) mass is 423 g/mol. The Bertz CT molecular complexity index is 958. The molecule has 142 valence electrons. The third-order valence-corrected chi connectivity index (χ3v) is 6.81. The van der Waals surface area contributed by atoms with Crippen LogP contribution in [0.5, 0.6) is 0 Å². The summed E-state index contributed by atoms with van der Waals surface area (Å²) in [6.45, 7) is 0.360. The number of carbonyl (C=O) groups excluding carboxylic acids is 1. The van der Waals surface area contributed by atoms with Crippen LogP contribution in [-0.4, -0.2) is 36.8 Å². The summed E-state index contributed by atoms with van der Waals surface area (Å²) in [6.07, 6.45) is 3.52. The molecule has 7 heteroatoms. The van der Waals surface area contributed by atoms with Crippen LogP contribution in [0.2, 0.25) is 10.0 Å². The van der Waals surface area contributed by atoms with E-state index in [1.807, 2.05) is 30.3 Å². The van der Waals surface area contributed by atoms with Crippen LogP contribution in [0.1, 0.15) is 17.5 Å². The summed E-state index contributed by atoms with van der Waals surface area (Å²) in [4.78, 5) is 14.5. The molecule has 27 heavy (non-hydrogen) atoms. The highest BCUT2D eigenvalue weighted by Gasteiger charge is 2.34. The Kier molecular flexibility index (Phi) is 6.25. The van der Waals surface area contributed by atoms with Gasteiger partial charge in [-0.1, -0.05) is 59.6 Å². The van der Waals surface area contributed by atoms with E-state index in [1.54, 1.807) is 29.2 Å². The zero-order valence-electron chi connectivity index (χ0n) is 14.5. The number of nitrogens with zero attached hydrogens (tertiary/aromatic N) is 1. The molecular weight excluding hydrogens is 405 g/mol. The Hall–Kier alpha value is -1.82. The van der Waals surface area contributed by atoms with Gasteiger partial charge in [0.2, 0.25) is 5.91 Å². The van der Waals surface area contributed by atoms with E-state index in [2.05, 4.69) is 0 Å². The highest BCUT2D eigenvalue weighted by atomic mass is 35.5. The molecule has 1 aliphatic heterocycles. The molecule has 1 atom stereocenters. The number of benzene rings is 2. The van der Waals surface area contributed by atoms with Crippen molar-refractivity contribution in [2.45, 2.75) is 19.0 Å². The second-order valence-corrected chi connectivity index (χ2v) is 9.58. The molecule has 1 aliphatic rings. The quantitative estimate of drug-likeness (QED) is 0.676. The molecule has 0 spiro atoms. The fourth-order valence-corrected chi connectivity index (χ4v) is 5.28. The summed E-state index contributed by atoms with van der Waals surface area (Å²) in [5, 5.41) is 0.968. The van der Waals surface area contributed by atoms with Gasteiger partial charge in [-0.2, -0.15) is 0 Å². The van der Waals surface area contributed by atoms with E-state index in [9.17, 15) is 13.2 Å². The molecule has 1 heterocycles. The van der Waals surface area contributed by atoms with Crippen LogP contribution >= 0.6 is 23.2 Å². The molecule has 0 saturated carbocycles. The Morgan fingerprint density at radius 3 is 2.52 bits per heavy atom. The lowest BCUT2D eigenvalue weighted by atomic mass is 10.1. The average Bonchev–Trinajstić information content (AvgIpc) is 2.99. The lowest BCUT2D eigenvalue weighted by molar-refractivity contribution is -0.128. The molecule has 0 bridgehead atoms. The lowest BCUT2D eigenvalue weighted by Crippen LogP contribution is -2.39. The fourth-order valence-electron chi connectivity index (χ4n) is 3.08. The first-order valence-electron chi connectivity index (χ1n) is 8.52. The van der Waals surface area contributed by atoms with E-state index in [0.29, 0.717) is 28.6 Å². The maximum atomic E-state index is 12.9. The lowest BCUT2D eigenvalue weighted by Gasteiger charge is -2.27. The smallest absolute Gasteiger partial charge is 0.247 e. The molecule has 1 saturated heterocycles. The number of sulfone groups is 1. The van der Waals surface area contributed by atoms with Gasteiger partial charge in [0.25, 0.3) is 0 Å². The standard InChI is InChI=1S/C20H19Cl2NO3S/c21-17-8-6-16(19(22)12-17)7-9-20(24)23(13-15-4-2-1-3-5-15)18-10-11-27(25,26)14-18/h1-9,12,18H,10-11,13-14H2/b9-7+/t18-/m1/s1. The van der Waals surface area contributed by atoms with Crippen molar-refractivity contribution in [1.82, 2.24) is 4.90 Å². The molecule has 0 radical (unpaired) electrons. The largest absolute Gasteiger partial charge is 0.331 e. The van der Waals surface area contributed by atoms with Crippen molar-refractivity contribution in [3.63, 3.8) is 0 Å². The summed E-state index contributed by atoms with van der Waals surface area (Å²) in [5.74, 6) is -0.128.